The monoisotopic (exact) mass is 366 g/mol. The molecule has 3 heterocycles. The van der Waals surface area contributed by atoms with Gasteiger partial charge in [-0.25, -0.2) is 9.97 Å². The Hall–Kier alpha value is -1.40. The standard InChI is InChI=1S/C17H27N4O3P/c1-9(8-25(3,4)5)15-13(22)14(23)17(24-15)21-10(2)20-12-11(18)6-7-19-16(12)21/h6-7,9,13-15,17,22-23H,3,8H2,1-2,4-5H3,(H2,18,19)/t9?,13-,14+,15+,17+/m0/s1. The first-order chi connectivity index (χ1) is 11.6. The van der Waals surface area contributed by atoms with Crippen LogP contribution in [0.4, 0.5) is 5.69 Å². The molecule has 0 saturated carbocycles. The maximum absolute atomic E-state index is 10.6. The summed E-state index contributed by atoms with van der Waals surface area (Å²) in [6.07, 6.45) is 3.48. The second kappa shape index (κ2) is 6.40. The first-order valence-corrected chi connectivity index (χ1v) is 11.4. The summed E-state index contributed by atoms with van der Waals surface area (Å²) in [6.45, 7) is 6.87. The molecular weight excluding hydrogens is 339 g/mol. The Bertz CT molecular complexity index is 831. The number of nitrogens with zero attached hydrogens (tertiary/aromatic N) is 3. The number of nitrogen functional groups attached to an aromatic ring is 1. The molecule has 1 aliphatic heterocycles. The quantitative estimate of drug-likeness (QED) is 0.704. The van der Waals surface area contributed by atoms with E-state index in [-0.39, 0.29) is 5.92 Å². The molecule has 2 aromatic rings. The van der Waals surface area contributed by atoms with Crippen LogP contribution in [0, 0.1) is 12.8 Å². The van der Waals surface area contributed by atoms with Crippen LogP contribution in [0.2, 0.25) is 0 Å². The number of hydrogen-bond donors (Lipinski definition) is 3. The van der Waals surface area contributed by atoms with Crippen molar-refractivity contribution in [2.24, 2.45) is 5.92 Å². The average molecular weight is 366 g/mol. The van der Waals surface area contributed by atoms with Gasteiger partial charge in [-0.2, -0.15) is 0 Å². The van der Waals surface area contributed by atoms with Gasteiger partial charge in [-0.1, -0.05) is 6.92 Å². The summed E-state index contributed by atoms with van der Waals surface area (Å²) in [5, 5.41) is 21.2. The molecule has 0 spiro atoms. The Labute approximate surface area is 147 Å². The molecule has 1 unspecified atom stereocenters. The molecule has 0 aliphatic carbocycles. The summed E-state index contributed by atoms with van der Waals surface area (Å²) in [7, 11) is 0. The van der Waals surface area contributed by atoms with Gasteiger partial charge in [-0.3, -0.25) is 4.57 Å². The van der Waals surface area contributed by atoms with Crippen molar-refractivity contribution >= 4 is 30.0 Å². The minimum absolute atomic E-state index is 0.0867. The summed E-state index contributed by atoms with van der Waals surface area (Å²) < 4.78 is 7.82. The highest BCUT2D eigenvalue weighted by Gasteiger charge is 2.47. The van der Waals surface area contributed by atoms with E-state index >= 15 is 0 Å². The van der Waals surface area contributed by atoms with Gasteiger partial charge in [-0.15, -0.1) is 13.2 Å². The van der Waals surface area contributed by atoms with Gasteiger partial charge in [0.1, 0.15) is 23.5 Å². The van der Waals surface area contributed by atoms with Crippen LogP contribution >= 0.6 is 6.89 Å². The second-order valence-electron chi connectivity index (χ2n) is 7.67. The van der Waals surface area contributed by atoms with E-state index in [9.17, 15) is 10.2 Å². The molecule has 8 heteroatoms. The Morgan fingerprint density at radius 3 is 2.72 bits per heavy atom. The molecule has 0 aromatic carbocycles. The van der Waals surface area contributed by atoms with Gasteiger partial charge < -0.3 is 20.7 Å². The van der Waals surface area contributed by atoms with Crippen LogP contribution in [0.3, 0.4) is 0 Å². The molecule has 0 bridgehead atoms. The predicted octanol–water partition coefficient (Wildman–Crippen LogP) is 1.29. The summed E-state index contributed by atoms with van der Waals surface area (Å²) >= 11 is 0. The fourth-order valence-electron chi connectivity index (χ4n) is 3.67. The van der Waals surface area contributed by atoms with Crippen LogP contribution < -0.4 is 5.73 Å². The lowest BCUT2D eigenvalue weighted by molar-refractivity contribution is -0.0496. The van der Waals surface area contributed by atoms with Crippen LogP contribution in [-0.2, 0) is 4.74 Å². The zero-order chi connectivity index (χ0) is 18.5. The van der Waals surface area contributed by atoms with Crippen molar-refractivity contribution in [3.05, 3.63) is 18.1 Å². The minimum atomic E-state index is -1.28. The number of aryl methyl sites for hydroxylation is 1. The van der Waals surface area contributed by atoms with Gasteiger partial charge in [0.2, 0.25) is 0 Å². The highest BCUT2D eigenvalue weighted by molar-refractivity contribution is 7.72. The van der Waals surface area contributed by atoms with E-state index in [0.29, 0.717) is 22.7 Å². The average Bonchev–Trinajstić information content (AvgIpc) is 2.97. The number of fused-ring (bicyclic) bond motifs is 1. The Kier molecular flexibility index (Phi) is 4.71. The Balaban J connectivity index is 1.96. The van der Waals surface area contributed by atoms with E-state index in [2.05, 4.69) is 29.6 Å². The molecule has 5 atom stereocenters. The zero-order valence-corrected chi connectivity index (χ0v) is 16.0. The van der Waals surface area contributed by atoms with E-state index in [1.807, 2.05) is 13.8 Å². The number of anilines is 1. The number of aromatic nitrogens is 3. The smallest absolute Gasteiger partial charge is 0.165 e. The lowest BCUT2D eigenvalue weighted by atomic mass is 10.0. The second-order valence-corrected chi connectivity index (χ2v) is 11.9. The van der Waals surface area contributed by atoms with Gasteiger partial charge in [0, 0.05) is 6.20 Å². The topological polar surface area (TPSA) is 106 Å². The van der Waals surface area contributed by atoms with Crippen LogP contribution in [0.5, 0.6) is 0 Å². The molecule has 138 valence electrons. The summed E-state index contributed by atoms with van der Waals surface area (Å²) in [5.41, 5.74) is 7.62. The molecule has 25 heavy (non-hydrogen) atoms. The van der Waals surface area contributed by atoms with Crippen molar-refractivity contribution in [3.8, 4) is 0 Å². The molecule has 1 fully saturated rings. The molecule has 1 saturated heterocycles. The Morgan fingerprint density at radius 1 is 1.40 bits per heavy atom. The van der Waals surface area contributed by atoms with Crippen molar-refractivity contribution in [2.45, 2.75) is 38.4 Å². The first kappa shape index (κ1) is 18.4. The van der Waals surface area contributed by atoms with Crippen LogP contribution in [-0.4, -0.2) is 68.9 Å². The molecule has 7 nitrogen and oxygen atoms in total. The van der Waals surface area contributed by atoms with Crippen LogP contribution in [0.25, 0.3) is 11.2 Å². The molecule has 0 amide bonds. The normalized spacial score (nSPS) is 28.6. The number of ether oxygens (including phenoxy) is 1. The third kappa shape index (κ3) is 3.34. The van der Waals surface area contributed by atoms with Gasteiger partial charge in [0.15, 0.2) is 11.9 Å². The van der Waals surface area contributed by atoms with E-state index in [4.69, 9.17) is 10.5 Å². The fourth-order valence-corrected chi connectivity index (χ4v) is 5.44. The predicted molar refractivity (Wildman–Crippen MR) is 103 cm³/mol. The lowest BCUT2D eigenvalue weighted by Gasteiger charge is -2.26. The zero-order valence-electron chi connectivity index (χ0n) is 15.1. The van der Waals surface area contributed by atoms with E-state index in [1.165, 1.54) is 0 Å². The van der Waals surface area contributed by atoms with Crippen molar-refractivity contribution in [1.29, 1.82) is 0 Å². The summed E-state index contributed by atoms with van der Waals surface area (Å²) in [6, 6.07) is 1.69. The van der Waals surface area contributed by atoms with Crippen molar-refractivity contribution in [2.75, 3.05) is 25.2 Å². The van der Waals surface area contributed by atoms with Crippen LogP contribution in [0.15, 0.2) is 12.3 Å². The summed E-state index contributed by atoms with van der Waals surface area (Å²) in [4.78, 5) is 8.78. The van der Waals surface area contributed by atoms with Gasteiger partial charge in [-0.05, 0) is 38.4 Å². The fraction of sp³-hybridized carbons (Fsp3) is 0.588. The first-order valence-electron chi connectivity index (χ1n) is 8.38. The molecule has 0 radical (unpaired) electrons. The van der Waals surface area contributed by atoms with Gasteiger partial charge in [0.05, 0.1) is 11.8 Å². The van der Waals surface area contributed by atoms with E-state index < -0.39 is 31.4 Å². The number of imidazole rings is 1. The number of nitrogens with two attached hydrogens (primary N) is 1. The molecule has 1 aliphatic rings. The Morgan fingerprint density at radius 2 is 2.08 bits per heavy atom. The SMILES string of the molecule is C=P(C)(C)CC(C)[C@H]1O[C@@H](n2c(C)nc3c(N)ccnc32)[C@H](O)[C@@H]1O. The lowest BCUT2D eigenvalue weighted by Crippen LogP contribution is -2.36. The number of aliphatic hydroxyl groups is 2. The van der Waals surface area contributed by atoms with E-state index in [0.717, 1.165) is 6.16 Å². The molecule has 3 rings (SSSR count). The summed E-state index contributed by atoms with van der Waals surface area (Å²) in [5.74, 6) is 0.721. The molecule has 2 aromatic heterocycles. The molecule has 4 N–H and O–H groups in total. The number of pyridine rings is 1. The van der Waals surface area contributed by atoms with Crippen molar-refractivity contribution in [3.63, 3.8) is 0 Å². The maximum atomic E-state index is 10.6. The van der Waals surface area contributed by atoms with Gasteiger partial charge in [0.25, 0.3) is 0 Å². The largest absolute Gasteiger partial charge is 0.397 e. The number of rotatable bonds is 4. The van der Waals surface area contributed by atoms with Crippen LogP contribution in [0.1, 0.15) is 19.0 Å². The highest BCUT2D eigenvalue weighted by Crippen LogP contribution is 2.42. The van der Waals surface area contributed by atoms with E-state index in [1.54, 1.807) is 16.8 Å². The molecular formula is C17H27N4O3P. The van der Waals surface area contributed by atoms with Gasteiger partial charge >= 0.3 is 0 Å². The maximum Gasteiger partial charge on any atom is 0.165 e. The van der Waals surface area contributed by atoms with Crippen molar-refractivity contribution < 1.29 is 14.9 Å². The highest BCUT2D eigenvalue weighted by atomic mass is 31.2. The number of aliphatic hydroxyl groups excluding tert-OH is 2. The van der Waals surface area contributed by atoms with Crippen molar-refractivity contribution in [1.82, 2.24) is 14.5 Å². The third-order valence-electron chi connectivity index (χ3n) is 4.66. The third-order valence-corrected chi connectivity index (χ3v) is 6.22. The minimum Gasteiger partial charge on any atom is -0.397 e. The number of hydrogen-bond acceptors (Lipinski definition) is 6.